The normalized spacial score (nSPS) is 11.0. The van der Waals surface area contributed by atoms with Gasteiger partial charge in [-0.25, -0.2) is 5.43 Å². The predicted octanol–water partition coefficient (Wildman–Crippen LogP) is 3.69. The molecule has 2 aromatic rings. The summed E-state index contributed by atoms with van der Waals surface area (Å²) in [7, 11) is 0. The van der Waals surface area contributed by atoms with E-state index < -0.39 is 10.8 Å². The average molecular weight is 389 g/mol. The number of benzene rings is 2. The van der Waals surface area contributed by atoms with Crippen molar-refractivity contribution in [1.29, 1.82) is 0 Å². The van der Waals surface area contributed by atoms with E-state index in [9.17, 15) is 19.7 Å². The quantitative estimate of drug-likeness (QED) is 0.446. The summed E-state index contributed by atoms with van der Waals surface area (Å²) in [6, 6.07) is 10.9. The van der Waals surface area contributed by atoms with Gasteiger partial charge in [-0.3, -0.25) is 19.7 Å². The topological polar surface area (TPSA) is 114 Å². The molecule has 8 nitrogen and oxygen atoms in total. The predicted molar refractivity (Wildman–Crippen MR) is 103 cm³/mol. The van der Waals surface area contributed by atoms with E-state index >= 15 is 0 Å². The zero-order valence-corrected chi connectivity index (χ0v) is 15.4. The first-order valence-corrected chi connectivity index (χ1v) is 8.28. The molecule has 0 radical (unpaired) electrons. The van der Waals surface area contributed by atoms with Gasteiger partial charge < -0.3 is 5.32 Å². The number of halogens is 1. The highest BCUT2D eigenvalue weighted by molar-refractivity contribution is 6.33. The van der Waals surface area contributed by atoms with Gasteiger partial charge in [0.05, 0.1) is 11.3 Å². The number of carbonyl (C=O) groups is 2. The molecule has 2 amide bonds. The second-order valence-corrected chi connectivity index (χ2v) is 6.21. The Morgan fingerprint density at radius 1 is 1.19 bits per heavy atom. The minimum absolute atomic E-state index is 0.00479. The molecule has 27 heavy (non-hydrogen) atoms. The highest BCUT2D eigenvalue weighted by Gasteiger charge is 2.15. The van der Waals surface area contributed by atoms with Crippen molar-refractivity contribution in [3.8, 4) is 0 Å². The van der Waals surface area contributed by atoms with Crippen LogP contribution >= 0.6 is 11.6 Å². The summed E-state index contributed by atoms with van der Waals surface area (Å²) in [6.45, 7) is 3.54. The minimum Gasteiger partial charge on any atom is -0.326 e. The molecule has 0 aromatic heterocycles. The van der Waals surface area contributed by atoms with Gasteiger partial charge in [0.2, 0.25) is 5.91 Å². The van der Waals surface area contributed by atoms with Crippen molar-refractivity contribution in [2.75, 3.05) is 5.32 Å². The van der Waals surface area contributed by atoms with Gasteiger partial charge in [0.1, 0.15) is 5.02 Å². The average Bonchev–Trinajstić information content (AvgIpc) is 2.61. The van der Waals surface area contributed by atoms with Gasteiger partial charge in [-0.15, -0.1) is 0 Å². The molecular formula is C18H17ClN4O4. The molecule has 0 fully saturated rings. The standard InChI is InChI=1S/C18H17ClN4O4/c1-11-3-6-14(7-4-11)20-17(24)9-12(2)21-22-18(25)13-5-8-16(23(26)27)15(19)10-13/h3-8,10H,9H2,1-2H3,(H,20,24)(H,22,25)/b21-12-. The van der Waals surface area contributed by atoms with E-state index in [2.05, 4.69) is 15.8 Å². The molecule has 9 heteroatoms. The Hall–Kier alpha value is -3.26. The van der Waals surface area contributed by atoms with E-state index in [0.29, 0.717) is 11.4 Å². The van der Waals surface area contributed by atoms with Gasteiger partial charge in [0.25, 0.3) is 11.6 Å². The van der Waals surface area contributed by atoms with Crippen LogP contribution in [0.1, 0.15) is 29.3 Å². The molecule has 0 aliphatic carbocycles. The summed E-state index contributed by atoms with van der Waals surface area (Å²) in [6.07, 6.45) is -0.00479. The summed E-state index contributed by atoms with van der Waals surface area (Å²) in [5, 5.41) is 17.2. The second kappa shape index (κ2) is 8.91. The van der Waals surface area contributed by atoms with Crippen molar-refractivity contribution in [3.63, 3.8) is 0 Å². The lowest BCUT2D eigenvalue weighted by Crippen LogP contribution is -2.21. The van der Waals surface area contributed by atoms with Gasteiger partial charge in [-0.05, 0) is 38.1 Å². The van der Waals surface area contributed by atoms with Crippen molar-refractivity contribution in [2.24, 2.45) is 5.10 Å². The third kappa shape index (κ3) is 5.89. The molecule has 0 saturated heterocycles. The Bertz CT molecular complexity index is 910. The van der Waals surface area contributed by atoms with Crippen molar-refractivity contribution in [3.05, 3.63) is 68.7 Å². The first kappa shape index (κ1) is 20.1. The molecule has 2 aromatic carbocycles. The van der Waals surface area contributed by atoms with Crippen LogP contribution in [0.25, 0.3) is 0 Å². The van der Waals surface area contributed by atoms with E-state index in [1.165, 1.54) is 12.1 Å². The van der Waals surface area contributed by atoms with E-state index in [1.807, 2.05) is 19.1 Å². The van der Waals surface area contributed by atoms with E-state index in [0.717, 1.165) is 11.6 Å². The highest BCUT2D eigenvalue weighted by Crippen LogP contribution is 2.24. The Morgan fingerprint density at radius 2 is 1.85 bits per heavy atom. The lowest BCUT2D eigenvalue weighted by Gasteiger charge is -2.06. The lowest BCUT2D eigenvalue weighted by atomic mass is 10.2. The first-order valence-electron chi connectivity index (χ1n) is 7.90. The van der Waals surface area contributed by atoms with E-state index in [-0.39, 0.29) is 28.6 Å². The van der Waals surface area contributed by atoms with Crippen LogP contribution in [0.4, 0.5) is 11.4 Å². The number of hydrogen-bond acceptors (Lipinski definition) is 5. The Kier molecular flexibility index (Phi) is 6.62. The largest absolute Gasteiger partial charge is 0.326 e. The van der Waals surface area contributed by atoms with Crippen molar-refractivity contribution < 1.29 is 14.5 Å². The molecule has 0 heterocycles. The number of hydrogen-bond donors (Lipinski definition) is 2. The fourth-order valence-electron chi connectivity index (χ4n) is 2.12. The van der Waals surface area contributed by atoms with Crippen LogP contribution in [0, 0.1) is 17.0 Å². The molecule has 0 aliphatic rings. The fourth-order valence-corrected chi connectivity index (χ4v) is 2.37. The SMILES string of the molecule is C/C(CC(=O)Nc1ccc(C)cc1)=N/NC(=O)c1ccc([N+](=O)[O-])c(Cl)c1. The maximum Gasteiger partial charge on any atom is 0.287 e. The van der Waals surface area contributed by atoms with E-state index in [4.69, 9.17) is 11.6 Å². The molecule has 0 bridgehead atoms. The summed E-state index contributed by atoms with van der Waals surface area (Å²) in [4.78, 5) is 34.1. The zero-order valence-electron chi connectivity index (χ0n) is 14.7. The van der Waals surface area contributed by atoms with Crippen molar-refractivity contribution in [2.45, 2.75) is 20.3 Å². The molecule has 0 unspecified atom stereocenters. The second-order valence-electron chi connectivity index (χ2n) is 5.80. The fraction of sp³-hybridized carbons (Fsp3) is 0.167. The van der Waals surface area contributed by atoms with Crippen molar-refractivity contribution >= 4 is 40.5 Å². The zero-order chi connectivity index (χ0) is 20.0. The number of nitro groups is 1. The van der Waals surface area contributed by atoms with Crippen LogP contribution in [0.2, 0.25) is 5.02 Å². The van der Waals surface area contributed by atoms with Crippen LogP contribution in [0.5, 0.6) is 0 Å². The number of anilines is 1. The maximum absolute atomic E-state index is 12.0. The van der Waals surface area contributed by atoms with Crippen LogP contribution in [-0.4, -0.2) is 22.4 Å². The molecule has 0 saturated carbocycles. The van der Waals surface area contributed by atoms with Gasteiger partial charge in [-0.1, -0.05) is 29.3 Å². The van der Waals surface area contributed by atoms with E-state index in [1.54, 1.807) is 19.1 Å². The lowest BCUT2D eigenvalue weighted by molar-refractivity contribution is -0.384. The third-order valence-electron chi connectivity index (χ3n) is 3.51. The number of aryl methyl sites for hydroxylation is 1. The minimum atomic E-state index is -0.640. The Balaban J connectivity index is 1.93. The van der Waals surface area contributed by atoms with Crippen LogP contribution in [-0.2, 0) is 4.79 Å². The van der Waals surface area contributed by atoms with Gasteiger partial charge in [-0.2, -0.15) is 5.10 Å². The molecule has 2 N–H and O–H groups in total. The maximum atomic E-state index is 12.0. The van der Waals surface area contributed by atoms with Crippen LogP contribution < -0.4 is 10.7 Å². The number of hydrazone groups is 1. The number of nitro benzene ring substituents is 1. The Labute approximate surface area is 160 Å². The number of nitrogens with one attached hydrogen (secondary N) is 2. The van der Waals surface area contributed by atoms with Crippen molar-refractivity contribution in [1.82, 2.24) is 5.43 Å². The summed E-state index contributed by atoms with van der Waals surface area (Å²) in [5.41, 5.74) is 4.26. The molecule has 0 spiro atoms. The summed E-state index contributed by atoms with van der Waals surface area (Å²) >= 11 is 5.78. The third-order valence-corrected chi connectivity index (χ3v) is 3.81. The Morgan fingerprint density at radius 3 is 2.44 bits per heavy atom. The highest BCUT2D eigenvalue weighted by atomic mass is 35.5. The number of nitrogens with zero attached hydrogens (tertiary/aromatic N) is 2. The molecular weight excluding hydrogens is 372 g/mol. The van der Waals surface area contributed by atoms with Gasteiger partial charge >= 0.3 is 0 Å². The first-order chi connectivity index (χ1) is 12.8. The number of carbonyl (C=O) groups excluding carboxylic acids is 2. The van der Waals surface area contributed by atoms with Gasteiger partial charge in [0.15, 0.2) is 0 Å². The van der Waals surface area contributed by atoms with Gasteiger partial charge in [0, 0.05) is 23.0 Å². The monoisotopic (exact) mass is 388 g/mol. The molecule has 0 atom stereocenters. The molecule has 0 aliphatic heterocycles. The van der Waals surface area contributed by atoms with Crippen LogP contribution in [0.15, 0.2) is 47.6 Å². The summed E-state index contributed by atoms with van der Waals surface area (Å²) in [5.74, 6) is -0.863. The smallest absolute Gasteiger partial charge is 0.287 e. The molecule has 2 rings (SSSR count). The summed E-state index contributed by atoms with van der Waals surface area (Å²) < 4.78 is 0. The number of rotatable bonds is 6. The van der Waals surface area contributed by atoms with Crippen LogP contribution in [0.3, 0.4) is 0 Å². The number of amides is 2. The molecule has 140 valence electrons.